The van der Waals surface area contributed by atoms with E-state index in [0.29, 0.717) is 6.04 Å². The lowest BCUT2D eigenvalue weighted by molar-refractivity contribution is 0.121. The van der Waals surface area contributed by atoms with Gasteiger partial charge in [0, 0.05) is 19.3 Å². The molecule has 3 heteroatoms. The average Bonchev–Trinajstić information content (AvgIpc) is 2.37. The summed E-state index contributed by atoms with van der Waals surface area (Å²) in [7, 11) is 0. The Morgan fingerprint density at radius 3 is 2.35 bits per heavy atom. The third kappa shape index (κ3) is 9.57. The summed E-state index contributed by atoms with van der Waals surface area (Å²) in [5, 5.41) is 0. The van der Waals surface area contributed by atoms with Crippen LogP contribution in [0.1, 0.15) is 65.7 Å². The Morgan fingerprint density at radius 1 is 1.06 bits per heavy atom. The molecule has 0 radical (unpaired) electrons. The number of ether oxygens (including phenoxy) is 1. The van der Waals surface area contributed by atoms with E-state index in [1.165, 1.54) is 32.1 Å². The van der Waals surface area contributed by atoms with Gasteiger partial charge in [-0.05, 0) is 25.2 Å². The van der Waals surface area contributed by atoms with Crippen molar-refractivity contribution in [3.8, 4) is 0 Å². The number of hydrazine groups is 1. The van der Waals surface area contributed by atoms with Gasteiger partial charge in [0.2, 0.25) is 0 Å². The lowest BCUT2D eigenvalue weighted by Gasteiger charge is -2.22. The van der Waals surface area contributed by atoms with Crippen molar-refractivity contribution in [2.45, 2.75) is 71.8 Å². The van der Waals surface area contributed by atoms with Gasteiger partial charge in [0.05, 0.1) is 0 Å². The second-order valence-electron chi connectivity index (χ2n) is 4.92. The fourth-order valence-corrected chi connectivity index (χ4v) is 2.13. The number of nitrogens with one attached hydrogen (secondary N) is 1. The quantitative estimate of drug-likeness (QED) is 0.315. The van der Waals surface area contributed by atoms with E-state index in [1.54, 1.807) is 0 Å². The molecular weight excluding hydrogens is 212 g/mol. The molecule has 0 heterocycles. The first kappa shape index (κ1) is 16.9. The molecule has 3 N–H and O–H groups in total. The van der Waals surface area contributed by atoms with Gasteiger partial charge in [0.25, 0.3) is 0 Å². The summed E-state index contributed by atoms with van der Waals surface area (Å²) < 4.78 is 5.52. The Kier molecular flexibility index (Phi) is 12.3. The van der Waals surface area contributed by atoms with Gasteiger partial charge in [0.1, 0.15) is 0 Å². The SMILES string of the molecule is CCCCC(CC)CC(CCOCCC)NN. The maximum Gasteiger partial charge on any atom is 0.0481 e. The monoisotopic (exact) mass is 244 g/mol. The van der Waals surface area contributed by atoms with E-state index in [9.17, 15) is 0 Å². The van der Waals surface area contributed by atoms with E-state index in [0.717, 1.165) is 32.0 Å². The highest BCUT2D eigenvalue weighted by molar-refractivity contribution is 4.69. The molecule has 0 aliphatic heterocycles. The maximum atomic E-state index is 5.61. The van der Waals surface area contributed by atoms with Crippen LogP contribution in [0.4, 0.5) is 0 Å². The van der Waals surface area contributed by atoms with Crippen LogP contribution >= 0.6 is 0 Å². The van der Waals surface area contributed by atoms with Crippen LogP contribution in [-0.4, -0.2) is 19.3 Å². The second kappa shape index (κ2) is 12.3. The van der Waals surface area contributed by atoms with E-state index >= 15 is 0 Å². The van der Waals surface area contributed by atoms with Crippen LogP contribution in [-0.2, 0) is 4.74 Å². The van der Waals surface area contributed by atoms with Gasteiger partial charge < -0.3 is 4.74 Å². The Bertz CT molecular complexity index is 153. The topological polar surface area (TPSA) is 47.3 Å². The molecule has 0 aromatic heterocycles. The number of rotatable bonds is 12. The first-order valence-corrected chi connectivity index (χ1v) is 7.32. The molecule has 104 valence electrons. The van der Waals surface area contributed by atoms with Crippen molar-refractivity contribution in [3.05, 3.63) is 0 Å². The zero-order valence-corrected chi connectivity index (χ0v) is 12.0. The van der Waals surface area contributed by atoms with Crippen LogP contribution in [0.2, 0.25) is 0 Å². The molecule has 3 nitrogen and oxygen atoms in total. The summed E-state index contributed by atoms with van der Waals surface area (Å²) in [6, 6.07) is 0.411. The molecule has 0 bridgehead atoms. The summed E-state index contributed by atoms with van der Waals surface area (Å²) in [5.74, 6) is 6.42. The molecule has 0 rings (SSSR count). The van der Waals surface area contributed by atoms with Crippen molar-refractivity contribution in [2.75, 3.05) is 13.2 Å². The summed E-state index contributed by atoms with van der Waals surface area (Å²) >= 11 is 0. The largest absolute Gasteiger partial charge is 0.381 e. The average molecular weight is 244 g/mol. The Labute approximate surface area is 107 Å². The minimum absolute atomic E-state index is 0.411. The number of hydrogen-bond donors (Lipinski definition) is 2. The molecule has 0 fully saturated rings. The smallest absolute Gasteiger partial charge is 0.0481 e. The molecule has 0 spiro atoms. The van der Waals surface area contributed by atoms with Crippen LogP contribution in [0.25, 0.3) is 0 Å². The zero-order valence-electron chi connectivity index (χ0n) is 12.0. The first-order valence-electron chi connectivity index (χ1n) is 7.32. The van der Waals surface area contributed by atoms with Gasteiger partial charge in [0.15, 0.2) is 0 Å². The van der Waals surface area contributed by atoms with Gasteiger partial charge in [-0.2, -0.15) is 0 Å². The van der Waals surface area contributed by atoms with E-state index < -0.39 is 0 Å². The standard InChI is InChI=1S/C14H32N2O/c1-4-7-8-13(6-3)12-14(16-15)9-11-17-10-5-2/h13-14,16H,4-12,15H2,1-3H3. The van der Waals surface area contributed by atoms with Crippen LogP contribution in [0.3, 0.4) is 0 Å². The van der Waals surface area contributed by atoms with E-state index in [2.05, 4.69) is 26.2 Å². The number of unbranched alkanes of at least 4 members (excludes halogenated alkanes) is 1. The fourth-order valence-electron chi connectivity index (χ4n) is 2.13. The van der Waals surface area contributed by atoms with E-state index in [-0.39, 0.29) is 0 Å². The predicted molar refractivity (Wildman–Crippen MR) is 74.8 cm³/mol. The van der Waals surface area contributed by atoms with Crippen molar-refractivity contribution >= 4 is 0 Å². The van der Waals surface area contributed by atoms with E-state index in [1.807, 2.05) is 0 Å². The van der Waals surface area contributed by atoms with Crippen molar-refractivity contribution in [3.63, 3.8) is 0 Å². The Morgan fingerprint density at radius 2 is 1.82 bits per heavy atom. The summed E-state index contributed by atoms with van der Waals surface area (Å²) in [5.41, 5.74) is 2.94. The van der Waals surface area contributed by atoms with E-state index in [4.69, 9.17) is 10.6 Å². The molecule has 0 saturated heterocycles. The van der Waals surface area contributed by atoms with Crippen LogP contribution in [0.5, 0.6) is 0 Å². The molecule has 0 aliphatic carbocycles. The highest BCUT2D eigenvalue weighted by atomic mass is 16.5. The van der Waals surface area contributed by atoms with Crippen molar-refractivity contribution in [2.24, 2.45) is 11.8 Å². The summed E-state index contributed by atoms with van der Waals surface area (Å²) in [6.07, 6.45) is 8.52. The Balaban J connectivity index is 3.74. The van der Waals surface area contributed by atoms with Gasteiger partial charge in [-0.3, -0.25) is 11.3 Å². The van der Waals surface area contributed by atoms with Crippen LogP contribution in [0.15, 0.2) is 0 Å². The predicted octanol–water partition coefficient (Wildman–Crippen LogP) is 3.24. The lowest BCUT2D eigenvalue weighted by atomic mass is 9.91. The molecule has 0 aliphatic rings. The molecule has 2 unspecified atom stereocenters. The minimum atomic E-state index is 0.411. The van der Waals surface area contributed by atoms with Crippen molar-refractivity contribution in [1.82, 2.24) is 5.43 Å². The summed E-state index contributed by atoms with van der Waals surface area (Å²) in [4.78, 5) is 0. The van der Waals surface area contributed by atoms with Gasteiger partial charge >= 0.3 is 0 Å². The van der Waals surface area contributed by atoms with Gasteiger partial charge in [-0.1, -0.05) is 46.5 Å². The fraction of sp³-hybridized carbons (Fsp3) is 1.00. The second-order valence-corrected chi connectivity index (χ2v) is 4.92. The molecule has 0 saturated carbocycles. The van der Waals surface area contributed by atoms with Gasteiger partial charge in [-0.15, -0.1) is 0 Å². The summed E-state index contributed by atoms with van der Waals surface area (Å²) in [6.45, 7) is 8.36. The van der Waals surface area contributed by atoms with Crippen molar-refractivity contribution < 1.29 is 4.74 Å². The molecular formula is C14H32N2O. The van der Waals surface area contributed by atoms with Crippen LogP contribution < -0.4 is 11.3 Å². The first-order chi connectivity index (χ1) is 8.28. The molecule has 0 aromatic rings. The van der Waals surface area contributed by atoms with Gasteiger partial charge in [-0.25, -0.2) is 0 Å². The third-order valence-electron chi connectivity index (χ3n) is 3.36. The molecule has 0 aromatic carbocycles. The molecule has 2 atom stereocenters. The highest BCUT2D eigenvalue weighted by Crippen LogP contribution is 2.19. The highest BCUT2D eigenvalue weighted by Gasteiger charge is 2.13. The molecule has 0 amide bonds. The number of hydrogen-bond acceptors (Lipinski definition) is 3. The molecule has 17 heavy (non-hydrogen) atoms. The third-order valence-corrected chi connectivity index (χ3v) is 3.36. The zero-order chi connectivity index (χ0) is 12.9. The lowest BCUT2D eigenvalue weighted by Crippen LogP contribution is -2.37. The van der Waals surface area contributed by atoms with Crippen LogP contribution in [0, 0.1) is 5.92 Å². The van der Waals surface area contributed by atoms with Crippen molar-refractivity contribution in [1.29, 1.82) is 0 Å². The minimum Gasteiger partial charge on any atom is -0.381 e. The Hall–Kier alpha value is -0.120. The number of nitrogens with two attached hydrogens (primary N) is 1. The maximum absolute atomic E-state index is 5.61. The normalized spacial score (nSPS) is 14.8.